The molecule has 1 aliphatic heterocycles. The molecular weight excluding hydrogens is 224 g/mol. The lowest BCUT2D eigenvalue weighted by atomic mass is 10.2. The summed E-state index contributed by atoms with van der Waals surface area (Å²) in [6.07, 6.45) is 6.46. The van der Waals surface area contributed by atoms with Gasteiger partial charge in [0.15, 0.2) is 0 Å². The van der Waals surface area contributed by atoms with Crippen molar-refractivity contribution in [1.29, 1.82) is 0 Å². The number of hydrogen-bond donors (Lipinski definition) is 1. The lowest BCUT2D eigenvalue weighted by molar-refractivity contribution is 0.194. The number of nitrogens with zero attached hydrogens (tertiary/aromatic N) is 3. The molecule has 0 bridgehead atoms. The van der Waals surface area contributed by atoms with E-state index in [9.17, 15) is 0 Å². The minimum atomic E-state index is 0.493. The zero-order chi connectivity index (χ0) is 13.0. The number of aromatic nitrogens is 2. The van der Waals surface area contributed by atoms with Gasteiger partial charge in [0.2, 0.25) is 0 Å². The first-order valence-electron chi connectivity index (χ1n) is 7.17. The predicted molar refractivity (Wildman–Crippen MR) is 74.6 cm³/mol. The van der Waals surface area contributed by atoms with Crippen LogP contribution in [0.3, 0.4) is 0 Å². The van der Waals surface area contributed by atoms with Gasteiger partial charge in [0.25, 0.3) is 0 Å². The molecule has 0 aromatic carbocycles. The summed E-state index contributed by atoms with van der Waals surface area (Å²) >= 11 is 0. The highest BCUT2D eigenvalue weighted by atomic mass is 15.2. The molecule has 4 heteroatoms. The molecule has 0 aliphatic carbocycles. The monoisotopic (exact) mass is 250 g/mol. The number of imidazole rings is 1. The Labute approximate surface area is 110 Å². The third kappa shape index (κ3) is 3.12. The van der Waals surface area contributed by atoms with Crippen LogP contribution >= 0.6 is 0 Å². The standard InChI is InChI=1S/C14H26N4/c1-4-7-17(13-5-6-15-8-13)10-14-9-16-11-18(14)12(2)3/h9,11-13,15H,4-8,10H2,1-3H3. The van der Waals surface area contributed by atoms with Crippen molar-refractivity contribution in [3.63, 3.8) is 0 Å². The van der Waals surface area contributed by atoms with E-state index >= 15 is 0 Å². The molecule has 2 rings (SSSR count). The van der Waals surface area contributed by atoms with Gasteiger partial charge in [0, 0.05) is 31.4 Å². The van der Waals surface area contributed by atoms with Crippen LogP contribution in [0.1, 0.15) is 45.3 Å². The van der Waals surface area contributed by atoms with Crippen LogP contribution in [0.2, 0.25) is 0 Å². The topological polar surface area (TPSA) is 33.1 Å². The fourth-order valence-electron chi connectivity index (χ4n) is 2.76. The van der Waals surface area contributed by atoms with Crippen molar-refractivity contribution in [2.45, 2.75) is 52.2 Å². The molecule has 4 nitrogen and oxygen atoms in total. The molecule has 1 aromatic rings. The highest BCUT2D eigenvalue weighted by Gasteiger charge is 2.22. The van der Waals surface area contributed by atoms with Crippen molar-refractivity contribution in [1.82, 2.24) is 19.8 Å². The first-order valence-corrected chi connectivity index (χ1v) is 7.17. The smallest absolute Gasteiger partial charge is 0.0951 e. The maximum absolute atomic E-state index is 4.30. The Kier molecular flexibility index (Phi) is 4.78. The van der Waals surface area contributed by atoms with E-state index < -0.39 is 0 Å². The first-order chi connectivity index (χ1) is 8.72. The van der Waals surface area contributed by atoms with Gasteiger partial charge in [-0.05, 0) is 39.8 Å². The van der Waals surface area contributed by atoms with Crippen molar-refractivity contribution in [2.75, 3.05) is 19.6 Å². The number of hydrogen-bond acceptors (Lipinski definition) is 3. The van der Waals surface area contributed by atoms with Gasteiger partial charge < -0.3 is 9.88 Å². The molecular formula is C14H26N4. The van der Waals surface area contributed by atoms with E-state index in [1.807, 2.05) is 12.5 Å². The molecule has 1 unspecified atom stereocenters. The predicted octanol–water partition coefficient (Wildman–Crippen LogP) is 2.04. The van der Waals surface area contributed by atoms with Crippen LogP contribution in [0, 0.1) is 0 Å². The maximum Gasteiger partial charge on any atom is 0.0951 e. The summed E-state index contributed by atoms with van der Waals surface area (Å²) in [4.78, 5) is 6.91. The summed E-state index contributed by atoms with van der Waals surface area (Å²) in [5, 5.41) is 3.46. The third-order valence-electron chi connectivity index (χ3n) is 3.73. The lowest BCUT2D eigenvalue weighted by Crippen LogP contribution is -2.37. The normalized spacial score (nSPS) is 20.2. The Hall–Kier alpha value is -0.870. The average Bonchev–Trinajstić information content (AvgIpc) is 2.99. The van der Waals surface area contributed by atoms with E-state index in [0.717, 1.165) is 19.6 Å². The Morgan fingerprint density at radius 2 is 2.39 bits per heavy atom. The number of nitrogens with one attached hydrogen (secondary N) is 1. The molecule has 0 spiro atoms. The van der Waals surface area contributed by atoms with Gasteiger partial charge in [-0.2, -0.15) is 0 Å². The minimum Gasteiger partial charge on any atom is -0.331 e. The van der Waals surface area contributed by atoms with E-state index in [-0.39, 0.29) is 0 Å². The van der Waals surface area contributed by atoms with Gasteiger partial charge in [-0.15, -0.1) is 0 Å². The Morgan fingerprint density at radius 3 is 3.00 bits per heavy atom. The fourth-order valence-corrected chi connectivity index (χ4v) is 2.76. The maximum atomic E-state index is 4.30. The third-order valence-corrected chi connectivity index (χ3v) is 3.73. The van der Waals surface area contributed by atoms with Crippen LogP contribution in [0.4, 0.5) is 0 Å². The fraction of sp³-hybridized carbons (Fsp3) is 0.786. The van der Waals surface area contributed by atoms with E-state index in [0.29, 0.717) is 12.1 Å². The molecule has 18 heavy (non-hydrogen) atoms. The van der Waals surface area contributed by atoms with Crippen LogP contribution in [-0.2, 0) is 6.54 Å². The molecule has 1 aromatic heterocycles. The van der Waals surface area contributed by atoms with E-state index in [2.05, 4.69) is 40.5 Å². The van der Waals surface area contributed by atoms with Crippen LogP contribution in [-0.4, -0.2) is 40.1 Å². The molecule has 1 N–H and O–H groups in total. The van der Waals surface area contributed by atoms with Crippen molar-refractivity contribution >= 4 is 0 Å². The van der Waals surface area contributed by atoms with E-state index in [4.69, 9.17) is 0 Å². The van der Waals surface area contributed by atoms with Crippen LogP contribution in [0.5, 0.6) is 0 Å². The van der Waals surface area contributed by atoms with Gasteiger partial charge in [0.1, 0.15) is 0 Å². The molecule has 0 amide bonds. The first kappa shape index (κ1) is 13.6. The Bertz CT molecular complexity index is 352. The van der Waals surface area contributed by atoms with Gasteiger partial charge in [-0.1, -0.05) is 6.92 Å². The molecule has 0 radical (unpaired) electrons. The lowest BCUT2D eigenvalue weighted by Gasteiger charge is -2.28. The highest BCUT2D eigenvalue weighted by molar-refractivity contribution is 5.01. The quantitative estimate of drug-likeness (QED) is 0.838. The average molecular weight is 250 g/mol. The zero-order valence-electron chi connectivity index (χ0n) is 11.9. The minimum absolute atomic E-state index is 0.493. The van der Waals surface area contributed by atoms with Crippen LogP contribution in [0.25, 0.3) is 0 Å². The van der Waals surface area contributed by atoms with E-state index in [1.165, 1.54) is 25.1 Å². The van der Waals surface area contributed by atoms with Crippen molar-refractivity contribution in [3.05, 3.63) is 18.2 Å². The Morgan fingerprint density at radius 1 is 1.56 bits per heavy atom. The second-order valence-corrected chi connectivity index (χ2v) is 5.50. The molecule has 0 saturated carbocycles. The largest absolute Gasteiger partial charge is 0.331 e. The molecule has 1 atom stereocenters. The summed E-state index contributed by atoms with van der Waals surface area (Å²) in [6.45, 7) is 11.2. The molecule has 1 saturated heterocycles. The number of rotatable bonds is 6. The van der Waals surface area contributed by atoms with Crippen molar-refractivity contribution in [2.24, 2.45) is 0 Å². The van der Waals surface area contributed by atoms with Gasteiger partial charge >= 0.3 is 0 Å². The zero-order valence-corrected chi connectivity index (χ0v) is 11.9. The molecule has 102 valence electrons. The summed E-state index contributed by atoms with van der Waals surface area (Å²) in [5.41, 5.74) is 1.34. The molecule has 1 fully saturated rings. The van der Waals surface area contributed by atoms with E-state index in [1.54, 1.807) is 0 Å². The second-order valence-electron chi connectivity index (χ2n) is 5.50. The van der Waals surface area contributed by atoms with Gasteiger partial charge in [-0.25, -0.2) is 4.98 Å². The van der Waals surface area contributed by atoms with Crippen LogP contribution in [0.15, 0.2) is 12.5 Å². The van der Waals surface area contributed by atoms with Crippen molar-refractivity contribution in [3.8, 4) is 0 Å². The van der Waals surface area contributed by atoms with Gasteiger partial charge in [-0.3, -0.25) is 4.90 Å². The molecule has 2 heterocycles. The summed E-state index contributed by atoms with van der Waals surface area (Å²) in [6, 6.07) is 1.19. The summed E-state index contributed by atoms with van der Waals surface area (Å²) < 4.78 is 2.28. The molecule has 1 aliphatic rings. The second kappa shape index (κ2) is 6.34. The Balaban J connectivity index is 2.05. The van der Waals surface area contributed by atoms with Crippen LogP contribution < -0.4 is 5.32 Å². The highest BCUT2D eigenvalue weighted by Crippen LogP contribution is 2.16. The summed E-state index contributed by atoms with van der Waals surface area (Å²) in [5.74, 6) is 0. The van der Waals surface area contributed by atoms with Crippen molar-refractivity contribution < 1.29 is 0 Å². The van der Waals surface area contributed by atoms with Gasteiger partial charge in [0.05, 0.1) is 12.0 Å². The summed E-state index contributed by atoms with van der Waals surface area (Å²) in [7, 11) is 0. The SMILES string of the molecule is CCCN(Cc1cncn1C(C)C)C1CCNC1.